The summed E-state index contributed by atoms with van der Waals surface area (Å²) in [7, 11) is 0. The van der Waals surface area contributed by atoms with Crippen molar-refractivity contribution in [3.05, 3.63) is 36.0 Å². The zero-order chi connectivity index (χ0) is 9.14. The van der Waals surface area contributed by atoms with E-state index in [0.29, 0.717) is 12.1 Å². The number of hydrogen-bond acceptors (Lipinski definition) is 2. The fourth-order valence-electron chi connectivity index (χ4n) is 1.06. The van der Waals surface area contributed by atoms with Crippen LogP contribution in [0.15, 0.2) is 36.0 Å². The van der Waals surface area contributed by atoms with Gasteiger partial charge in [0.1, 0.15) is 0 Å². The van der Waals surface area contributed by atoms with Gasteiger partial charge >= 0.3 is 0 Å². The molecule has 1 rings (SSSR count). The van der Waals surface area contributed by atoms with Crippen LogP contribution in [-0.4, -0.2) is 12.5 Å². The van der Waals surface area contributed by atoms with E-state index in [1.54, 1.807) is 6.08 Å². The third-order valence-corrected chi connectivity index (χ3v) is 1.67. The smallest absolute Gasteiger partial charge is 0.253 e. The Bertz CT molecular complexity index is 331. The zero-order valence-electron chi connectivity index (χ0n) is 6.55. The normalized spacial score (nSPS) is 15.4. The fraction of sp³-hybridized carbons (Fsp3) is 0.111. The van der Waals surface area contributed by atoms with Gasteiger partial charge in [-0.3, -0.25) is 4.79 Å². The minimum absolute atomic E-state index is 0.194. The third-order valence-electron chi connectivity index (χ3n) is 1.67. The minimum Gasteiger partial charge on any atom is -0.348 e. The second kappa shape index (κ2) is 3.05. The fourth-order valence-corrected chi connectivity index (χ4v) is 1.06. The number of carbonyl (C=O) groups excluding carboxylic acids is 1. The van der Waals surface area contributed by atoms with Crippen molar-refractivity contribution in [1.82, 2.24) is 5.32 Å². The molecule has 0 saturated heterocycles. The van der Waals surface area contributed by atoms with Crippen LogP contribution in [0.4, 0.5) is 0 Å². The highest BCUT2D eigenvalue weighted by Crippen LogP contribution is 2.18. The molecule has 0 aromatic rings. The molecule has 12 heavy (non-hydrogen) atoms. The lowest BCUT2D eigenvalue weighted by molar-refractivity contribution is -0.116. The van der Waals surface area contributed by atoms with Gasteiger partial charge in [0.25, 0.3) is 5.91 Å². The average molecular weight is 160 g/mol. The molecule has 0 bridgehead atoms. The molecule has 1 aliphatic rings. The van der Waals surface area contributed by atoms with E-state index >= 15 is 0 Å². The van der Waals surface area contributed by atoms with Crippen molar-refractivity contribution in [2.45, 2.75) is 0 Å². The number of rotatable bonds is 2. The summed E-state index contributed by atoms with van der Waals surface area (Å²) in [6.45, 7) is 7.46. The van der Waals surface area contributed by atoms with Crippen molar-refractivity contribution < 1.29 is 4.79 Å². The predicted molar refractivity (Wildman–Crippen MR) is 45.0 cm³/mol. The van der Waals surface area contributed by atoms with Crippen molar-refractivity contribution in [1.29, 1.82) is 5.26 Å². The van der Waals surface area contributed by atoms with Gasteiger partial charge in [0.15, 0.2) is 0 Å². The Morgan fingerprint density at radius 2 is 2.42 bits per heavy atom. The van der Waals surface area contributed by atoms with E-state index in [4.69, 9.17) is 5.26 Å². The molecule has 1 N–H and O–H groups in total. The van der Waals surface area contributed by atoms with Crippen LogP contribution >= 0.6 is 0 Å². The first kappa shape index (κ1) is 8.28. The van der Waals surface area contributed by atoms with Crippen molar-refractivity contribution in [2.75, 3.05) is 6.54 Å². The number of nitrogens with zero attached hydrogens (tertiary/aromatic N) is 1. The Morgan fingerprint density at radius 3 is 2.92 bits per heavy atom. The van der Waals surface area contributed by atoms with E-state index in [1.807, 2.05) is 6.07 Å². The van der Waals surface area contributed by atoms with Crippen molar-refractivity contribution in [3.63, 3.8) is 0 Å². The maximum absolute atomic E-state index is 11.1. The quantitative estimate of drug-likeness (QED) is 0.604. The van der Waals surface area contributed by atoms with Gasteiger partial charge in [0.2, 0.25) is 0 Å². The summed E-state index contributed by atoms with van der Waals surface area (Å²) < 4.78 is 0. The van der Waals surface area contributed by atoms with Crippen LogP contribution in [0.5, 0.6) is 0 Å². The number of amides is 1. The van der Waals surface area contributed by atoms with E-state index < -0.39 is 0 Å². The van der Waals surface area contributed by atoms with Crippen LogP contribution < -0.4 is 5.32 Å². The van der Waals surface area contributed by atoms with Gasteiger partial charge in [-0.15, -0.1) is 0 Å². The molecule has 0 aromatic carbocycles. The van der Waals surface area contributed by atoms with Gasteiger partial charge in [-0.25, -0.2) is 0 Å². The van der Waals surface area contributed by atoms with Crippen LogP contribution in [-0.2, 0) is 4.79 Å². The molecule has 0 atom stereocenters. The lowest BCUT2D eigenvalue weighted by atomic mass is 10.0. The molecule has 60 valence electrons. The van der Waals surface area contributed by atoms with Crippen molar-refractivity contribution in [3.8, 4) is 6.07 Å². The van der Waals surface area contributed by atoms with Gasteiger partial charge in [-0.2, -0.15) is 5.26 Å². The summed E-state index contributed by atoms with van der Waals surface area (Å²) in [5.41, 5.74) is 1.30. The molecule has 0 aromatic heterocycles. The van der Waals surface area contributed by atoms with Crippen LogP contribution in [0.2, 0.25) is 0 Å². The highest BCUT2D eigenvalue weighted by molar-refractivity contribution is 6.02. The van der Waals surface area contributed by atoms with Gasteiger partial charge in [0, 0.05) is 6.54 Å². The first-order valence-electron chi connectivity index (χ1n) is 3.44. The van der Waals surface area contributed by atoms with E-state index in [9.17, 15) is 4.79 Å². The SMILES string of the molecule is C=CC1=C(C(=C)C#N)C(=O)NC1. The Kier molecular flexibility index (Phi) is 2.11. The van der Waals surface area contributed by atoms with Crippen LogP contribution in [0, 0.1) is 11.3 Å². The molecule has 1 aliphatic heterocycles. The Morgan fingerprint density at radius 1 is 1.75 bits per heavy atom. The lowest BCUT2D eigenvalue weighted by Crippen LogP contribution is -2.17. The largest absolute Gasteiger partial charge is 0.348 e. The first-order chi connectivity index (χ1) is 5.70. The molecular weight excluding hydrogens is 152 g/mol. The Hall–Kier alpha value is -1.82. The maximum atomic E-state index is 11.1. The molecule has 1 amide bonds. The second-order valence-electron chi connectivity index (χ2n) is 2.38. The molecule has 0 saturated carbocycles. The molecule has 3 nitrogen and oxygen atoms in total. The first-order valence-corrected chi connectivity index (χ1v) is 3.44. The summed E-state index contributed by atoms with van der Waals surface area (Å²) in [4.78, 5) is 11.1. The Labute approximate surface area is 70.7 Å². The molecule has 0 spiro atoms. The summed E-state index contributed by atoms with van der Waals surface area (Å²) in [6.07, 6.45) is 1.57. The van der Waals surface area contributed by atoms with Crippen LogP contribution in [0.25, 0.3) is 0 Å². The molecule has 0 radical (unpaired) electrons. The number of nitriles is 1. The minimum atomic E-state index is -0.239. The summed E-state index contributed by atoms with van der Waals surface area (Å²) in [5.74, 6) is -0.239. The molecule has 3 heteroatoms. The van der Waals surface area contributed by atoms with E-state index in [2.05, 4.69) is 18.5 Å². The topological polar surface area (TPSA) is 52.9 Å². The standard InChI is InChI=1S/C9H8N2O/c1-3-7-5-11-9(12)8(7)6(2)4-10/h3H,1-2,5H2,(H,11,12). The van der Waals surface area contributed by atoms with Crippen LogP contribution in [0.1, 0.15) is 0 Å². The van der Waals surface area contributed by atoms with E-state index in [1.165, 1.54) is 0 Å². The van der Waals surface area contributed by atoms with Crippen molar-refractivity contribution in [2.24, 2.45) is 0 Å². The number of carbonyl (C=O) groups is 1. The van der Waals surface area contributed by atoms with Gasteiger partial charge < -0.3 is 5.32 Å². The number of hydrogen-bond donors (Lipinski definition) is 1. The average Bonchev–Trinajstić information content (AvgIpc) is 2.45. The molecule has 0 unspecified atom stereocenters. The molecule has 0 aliphatic carbocycles. The summed E-state index contributed by atoms with van der Waals surface area (Å²) in [6, 6.07) is 1.84. The maximum Gasteiger partial charge on any atom is 0.253 e. The highest BCUT2D eigenvalue weighted by atomic mass is 16.1. The van der Waals surface area contributed by atoms with Crippen molar-refractivity contribution >= 4 is 5.91 Å². The Balaban J connectivity index is 3.13. The second-order valence-corrected chi connectivity index (χ2v) is 2.38. The molecule has 1 heterocycles. The van der Waals surface area contributed by atoms with Crippen LogP contribution in [0.3, 0.4) is 0 Å². The van der Waals surface area contributed by atoms with E-state index in [0.717, 1.165) is 5.57 Å². The monoisotopic (exact) mass is 160 g/mol. The zero-order valence-corrected chi connectivity index (χ0v) is 6.55. The summed E-state index contributed by atoms with van der Waals surface area (Å²) >= 11 is 0. The molecular formula is C9H8N2O. The highest BCUT2D eigenvalue weighted by Gasteiger charge is 2.22. The lowest BCUT2D eigenvalue weighted by Gasteiger charge is -1.95. The van der Waals surface area contributed by atoms with Gasteiger partial charge in [-0.05, 0) is 5.57 Å². The number of nitrogens with one attached hydrogen (secondary N) is 1. The predicted octanol–water partition coefficient (Wildman–Crippen LogP) is 0.679. The van der Waals surface area contributed by atoms with Gasteiger partial charge in [-0.1, -0.05) is 19.2 Å². The molecule has 0 fully saturated rings. The summed E-state index contributed by atoms with van der Waals surface area (Å²) in [5, 5.41) is 11.1. The van der Waals surface area contributed by atoms with Gasteiger partial charge in [0.05, 0.1) is 17.2 Å². The third kappa shape index (κ3) is 1.15. The van der Waals surface area contributed by atoms with E-state index in [-0.39, 0.29) is 11.5 Å².